The molecule has 2 rings (SSSR count). The van der Waals surface area contributed by atoms with Gasteiger partial charge < -0.3 is 14.8 Å². The number of carbonyl (C=O) groups is 3. The van der Waals surface area contributed by atoms with E-state index in [4.69, 9.17) is 9.47 Å². The number of nitrogens with zero attached hydrogens (tertiary/aromatic N) is 1. The molecule has 1 aromatic heterocycles. The van der Waals surface area contributed by atoms with Crippen LogP contribution in [0.5, 0.6) is 0 Å². The van der Waals surface area contributed by atoms with Crippen molar-refractivity contribution >= 4 is 28.7 Å². The van der Waals surface area contributed by atoms with Crippen LogP contribution in [-0.2, 0) is 19.1 Å². The number of pyridine rings is 1. The lowest BCUT2D eigenvalue weighted by atomic mass is 9.99. The largest absolute Gasteiger partial charge is 0.467 e. The van der Waals surface area contributed by atoms with E-state index in [1.165, 1.54) is 7.11 Å². The Morgan fingerprint density at radius 3 is 2.50 bits per heavy atom. The molecular weight excluding hydrogens is 360 g/mol. The molecule has 0 radical (unpaired) electrons. The Hall–Kier alpha value is -2.96. The molecule has 1 N–H and O–H groups in total. The van der Waals surface area contributed by atoms with E-state index >= 15 is 0 Å². The molecule has 0 unspecified atom stereocenters. The van der Waals surface area contributed by atoms with Gasteiger partial charge in [0.2, 0.25) is 0 Å². The number of fused-ring (bicyclic) bond motifs is 1. The van der Waals surface area contributed by atoms with Crippen molar-refractivity contribution in [2.45, 2.75) is 40.2 Å². The minimum Gasteiger partial charge on any atom is -0.467 e. The van der Waals surface area contributed by atoms with E-state index in [2.05, 4.69) is 10.3 Å². The van der Waals surface area contributed by atoms with Crippen LogP contribution >= 0.6 is 0 Å². The van der Waals surface area contributed by atoms with Crippen LogP contribution in [0.1, 0.15) is 41.9 Å². The molecule has 28 heavy (non-hydrogen) atoms. The van der Waals surface area contributed by atoms with Crippen molar-refractivity contribution < 1.29 is 23.9 Å². The molecule has 0 aliphatic carbocycles. The van der Waals surface area contributed by atoms with Gasteiger partial charge >= 0.3 is 11.9 Å². The maximum absolute atomic E-state index is 12.6. The van der Waals surface area contributed by atoms with Gasteiger partial charge in [-0.05, 0) is 31.4 Å². The second-order valence-corrected chi connectivity index (χ2v) is 6.74. The Bertz CT molecular complexity index is 894. The summed E-state index contributed by atoms with van der Waals surface area (Å²) in [6.45, 7) is 6.80. The molecule has 7 heteroatoms. The molecule has 0 saturated heterocycles. The highest BCUT2D eigenvalue weighted by Gasteiger charge is 2.27. The minimum atomic E-state index is -0.785. The number of rotatable bonds is 7. The van der Waals surface area contributed by atoms with E-state index in [9.17, 15) is 14.4 Å². The highest BCUT2D eigenvalue weighted by molar-refractivity contribution is 5.99. The molecular formula is C21H26N2O5. The Morgan fingerprint density at radius 2 is 1.86 bits per heavy atom. The number of ether oxygens (including phenoxy) is 2. The number of benzene rings is 1. The Morgan fingerprint density at radius 1 is 1.18 bits per heavy atom. The monoisotopic (exact) mass is 386 g/mol. The summed E-state index contributed by atoms with van der Waals surface area (Å²) < 4.78 is 9.92. The number of para-hydroxylation sites is 1. The third-order valence-electron chi connectivity index (χ3n) is 4.86. The average molecular weight is 386 g/mol. The predicted octanol–water partition coefficient (Wildman–Crippen LogP) is 2.71. The molecule has 0 aliphatic rings. The van der Waals surface area contributed by atoms with Crippen LogP contribution in [0.2, 0.25) is 0 Å². The molecule has 2 atom stereocenters. The molecule has 7 nitrogen and oxygen atoms in total. The highest BCUT2D eigenvalue weighted by Crippen LogP contribution is 2.23. The smallest absolute Gasteiger partial charge is 0.340 e. The Labute approximate surface area is 164 Å². The summed E-state index contributed by atoms with van der Waals surface area (Å²) in [5.74, 6) is -1.82. The van der Waals surface area contributed by atoms with Crippen LogP contribution in [0.4, 0.5) is 0 Å². The summed E-state index contributed by atoms with van der Waals surface area (Å²) in [6.07, 6.45) is 0.682. The van der Waals surface area contributed by atoms with Gasteiger partial charge in [-0.2, -0.15) is 0 Å². The van der Waals surface area contributed by atoms with Gasteiger partial charge in [0.1, 0.15) is 6.04 Å². The summed E-state index contributed by atoms with van der Waals surface area (Å²) in [4.78, 5) is 41.1. The normalized spacial score (nSPS) is 12.9. The fraction of sp³-hybridized carbons (Fsp3) is 0.429. The van der Waals surface area contributed by atoms with E-state index in [1.807, 2.05) is 45.0 Å². The molecule has 2 aromatic rings. The van der Waals surface area contributed by atoms with Crippen LogP contribution in [-0.4, -0.2) is 42.6 Å². The predicted molar refractivity (Wildman–Crippen MR) is 105 cm³/mol. The van der Waals surface area contributed by atoms with Gasteiger partial charge in [0, 0.05) is 5.39 Å². The fourth-order valence-corrected chi connectivity index (χ4v) is 3.05. The third kappa shape index (κ3) is 4.65. The standard InChI is InChI=1S/C21H26N2O5/c1-6-12(2)19(21(26)27-5)23-17(24)11-28-20(25)18-13(3)15-9-7-8-10-16(15)22-14(18)4/h7-10,12,19H,6,11H2,1-5H3,(H,23,24)/t12-,19-/m1/s1. The van der Waals surface area contributed by atoms with Crippen molar-refractivity contribution in [3.8, 4) is 0 Å². The second-order valence-electron chi connectivity index (χ2n) is 6.74. The fourth-order valence-electron chi connectivity index (χ4n) is 3.05. The molecule has 1 aromatic carbocycles. The van der Waals surface area contributed by atoms with Crippen molar-refractivity contribution in [1.29, 1.82) is 0 Å². The molecule has 150 valence electrons. The number of nitrogens with one attached hydrogen (secondary N) is 1. The van der Waals surface area contributed by atoms with Crippen LogP contribution in [0.25, 0.3) is 10.9 Å². The SMILES string of the molecule is CC[C@@H](C)[C@@H](NC(=O)COC(=O)c1c(C)nc2ccccc2c1C)C(=O)OC. The summed E-state index contributed by atoms with van der Waals surface area (Å²) in [6, 6.07) is 6.72. The molecule has 1 heterocycles. The van der Waals surface area contributed by atoms with Crippen molar-refractivity contribution in [3.63, 3.8) is 0 Å². The number of amides is 1. The topological polar surface area (TPSA) is 94.6 Å². The van der Waals surface area contributed by atoms with Gasteiger partial charge in [0.15, 0.2) is 6.61 Å². The lowest BCUT2D eigenvalue weighted by Crippen LogP contribution is -2.47. The number of methoxy groups -OCH3 is 1. The summed E-state index contributed by atoms with van der Waals surface area (Å²) in [7, 11) is 1.27. The molecule has 0 fully saturated rings. The molecule has 0 saturated carbocycles. The molecule has 0 bridgehead atoms. The number of aryl methyl sites for hydroxylation is 2. The Kier molecular flexibility index (Phi) is 7.09. The van der Waals surface area contributed by atoms with Crippen LogP contribution in [0, 0.1) is 19.8 Å². The molecule has 0 aliphatic heterocycles. The summed E-state index contributed by atoms with van der Waals surface area (Å²) >= 11 is 0. The van der Waals surface area contributed by atoms with Crippen LogP contribution in [0.3, 0.4) is 0 Å². The quantitative estimate of drug-likeness (QED) is 0.735. The van der Waals surface area contributed by atoms with Crippen molar-refractivity contribution in [2.75, 3.05) is 13.7 Å². The zero-order chi connectivity index (χ0) is 20.8. The first-order valence-corrected chi connectivity index (χ1v) is 9.20. The van der Waals surface area contributed by atoms with Gasteiger partial charge in [-0.25, -0.2) is 9.59 Å². The van der Waals surface area contributed by atoms with E-state index < -0.39 is 30.5 Å². The van der Waals surface area contributed by atoms with Gasteiger partial charge in [-0.15, -0.1) is 0 Å². The first-order chi connectivity index (χ1) is 13.3. The molecule has 1 amide bonds. The number of aromatic nitrogens is 1. The highest BCUT2D eigenvalue weighted by atomic mass is 16.5. The number of carbonyl (C=O) groups excluding carboxylic acids is 3. The maximum atomic E-state index is 12.6. The van der Waals surface area contributed by atoms with Crippen molar-refractivity contribution in [3.05, 3.63) is 41.1 Å². The van der Waals surface area contributed by atoms with Gasteiger partial charge in [0.25, 0.3) is 5.91 Å². The number of hydrogen-bond donors (Lipinski definition) is 1. The zero-order valence-corrected chi connectivity index (χ0v) is 16.9. The lowest BCUT2D eigenvalue weighted by Gasteiger charge is -2.21. The number of esters is 2. The van der Waals surface area contributed by atoms with Crippen LogP contribution in [0.15, 0.2) is 24.3 Å². The summed E-state index contributed by atoms with van der Waals surface area (Å²) in [5.41, 5.74) is 2.42. The maximum Gasteiger partial charge on any atom is 0.340 e. The van der Waals surface area contributed by atoms with E-state index in [0.717, 1.165) is 16.5 Å². The van der Waals surface area contributed by atoms with E-state index in [0.29, 0.717) is 17.7 Å². The third-order valence-corrected chi connectivity index (χ3v) is 4.86. The minimum absolute atomic E-state index is 0.110. The van der Waals surface area contributed by atoms with Gasteiger partial charge in [-0.1, -0.05) is 38.5 Å². The van der Waals surface area contributed by atoms with Crippen molar-refractivity contribution in [2.24, 2.45) is 5.92 Å². The first kappa shape index (κ1) is 21.3. The zero-order valence-electron chi connectivity index (χ0n) is 16.9. The van der Waals surface area contributed by atoms with E-state index in [-0.39, 0.29) is 5.92 Å². The van der Waals surface area contributed by atoms with Gasteiger partial charge in [0.05, 0.1) is 23.9 Å². The van der Waals surface area contributed by atoms with Gasteiger partial charge in [-0.3, -0.25) is 9.78 Å². The number of hydrogen-bond acceptors (Lipinski definition) is 6. The van der Waals surface area contributed by atoms with Crippen LogP contribution < -0.4 is 5.32 Å². The first-order valence-electron chi connectivity index (χ1n) is 9.20. The van der Waals surface area contributed by atoms with E-state index in [1.54, 1.807) is 6.92 Å². The molecule has 0 spiro atoms. The Balaban J connectivity index is 2.10. The second kappa shape index (κ2) is 9.30. The summed E-state index contributed by atoms with van der Waals surface area (Å²) in [5, 5.41) is 3.43. The average Bonchev–Trinajstić information content (AvgIpc) is 2.69. The van der Waals surface area contributed by atoms with Crippen molar-refractivity contribution in [1.82, 2.24) is 10.3 Å². The lowest BCUT2D eigenvalue weighted by molar-refractivity contribution is -0.147.